The molecule has 1 aliphatic carbocycles. The molecule has 20 heavy (non-hydrogen) atoms. The Morgan fingerprint density at radius 1 is 1.50 bits per heavy atom. The molecule has 1 heterocycles. The van der Waals surface area contributed by atoms with Crippen LogP contribution in [0.1, 0.15) is 35.8 Å². The Balaban J connectivity index is 2.12. The number of nitrogens with zero attached hydrogens (tertiary/aromatic N) is 2. The Morgan fingerprint density at radius 3 is 2.85 bits per heavy atom. The fraction of sp³-hybridized carbons (Fsp3) is 0.500. The number of aromatic nitrogens is 1. The number of ether oxygens (including phenoxy) is 1. The average molecular weight is 277 g/mol. The standard InChI is InChI=1S/C14H19N3O3/c1-2-20-13(18)9-17(12-3-4-12)14(19)10-5-6-16-11(7-10)8-15/h5-7,12H,2-4,8-9,15H2,1H3. The number of nitrogens with two attached hydrogens (primary N) is 1. The summed E-state index contributed by atoms with van der Waals surface area (Å²) in [7, 11) is 0. The molecule has 1 aromatic heterocycles. The number of carbonyl (C=O) groups excluding carboxylic acids is 2. The van der Waals surface area contributed by atoms with Crippen LogP contribution in [-0.2, 0) is 16.1 Å². The van der Waals surface area contributed by atoms with E-state index < -0.39 is 0 Å². The number of amides is 1. The van der Waals surface area contributed by atoms with E-state index >= 15 is 0 Å². The van der Waals surface area contributed by atoms with Gasteiger partial charge in [-0.15, -0.1) is 0 Å². The molecular formula is C14H19N3O3. The Morgan fingerprint density at radius 2 is 2.25 bits per heavy atom. The topological polar surface area (TPSA) is 85.5 Å². The van der Waals surface area contributed by atoms with Gasteiger partial charge in [-0.3, -0.25) is 14.6 Å². The van der Waals surface area contributed by atoms with Crippen LogP contribution in [0.4, 0.5) is 0 Å². The zero-order valence-electron chi connectivity index (χ0n) is 11.5. The first kappa shape index (κ1) is 14.5. The summed E-state index contributed by atoms with van der Waals surface area (Å²) in [5.74, 6) is -0.543. The van der Waals surface area contributed by atoms with Gasteiger partial charge >= 0.3 is 5.97 Å². The third-order valence-corrected chi connectivity index (χ3v) is 3.13. The number of pyridine rings is 1. The Kier molecular flexibility index (Phi) is 4.68. The van der Waals surface area contributed by atoms with E-state index in [2.05, 4.69) is 4.98 Å². The second-order valence-corrected chi connectivity index (χ2v) is 4.71. The van der Waals surface area contributed by atoms with Crippen LogP contribution in [-0.4, -0.2) is 41.0 Å². The van der Waals surface area contributed by atoms with Crippen molar-refractivity contribution < 1.29 is 14.3 Å². The summed E-state index contributed by atoms with van der Waals surface area (Å²) in [5.41, 5.74) is 6.69. The molecule has 0 radical (unpaired) electrons. The number of hydrogen-bond donors (Lipinski definition) is 1. The molecule has 1 aliphatic rings. The molecule has 1 saturated carbocycles. The molecule has 2 rings (SSSR count). The van der Waals surface area contributed by atoms with E-state index in [0.29, 0.717) is 17.9 Å². The van der Waals surface area contributed by atoms with Crippen LogP contribution >= 0.6 is 0 Å². The molecule has 0 atom stereocenters. The highest BCUT2D eigenvalue weighted by Gasteiger charge is 2.34. The summed E-state index contributed by atoms with van der Waals surface area (Å²) in [6.07, 6.45) is 3.42. The first-order valence-electron chi connectivity index (χ1n) is 6.77. The van der Waals surface area contributed by atoms with Gasteiger partial charge in [-0.05, 0) is 31.9 Å². The van der Waals surface area contributed by atoms with Crippen LogP contribution in [0.3, 0.4) is 0 Å². The van der Waals surface area contributed by atoms with E-state index in [0.717, 1.165) is 12.8 Å². The van der Waals surface area contributed by atoms with Crippen molar-refractivity contribution in [2.45, 2.75) is 32.4 Å². The summed E-state index contributed by atoms with van der Waals surface area (Å²) >= 11 is 0. The zero-order chi connectivity index (χ0) is 14.5. The third-order valence-electron chi connectivity index (χ3n) is 3.13. The minimum absolute atomic E-state index is 0.00236. The summed E-state index contributed by atoms with van der Waals surface area (Å²) in [5, 5.41) is 0. The highest BCUT2D eigenvalue weighted by Crippen LogP contribution is 2.28. The van der Waals surface area contributed by atoms with E-state index in [-0.39, 0.29) is 31.0 Å². The molecule has 2 N–H and O–H groups in total. The van der Waals surface area contributed by atoms with Crippen molar-refractivity contribution >= 4 is 11.9 Å². The maximum absolute atomic E-state index is 12.5. The predicted octanol–water partition coefficient (Wildman–Crippen LogP) is 0.708. The van der Waals surface area contributed by atoms with Gasteiger partial charge in [0.05, 0.1) is 12.3 Å². The second kappa shape index (κ2) is 6.47. The van der Waals surface area contributed by atoms with Crippen molar-refractivity contribution in [1.82, 2.24) is 9.88 Å². The van der Waals surface area contributed by atoms with Crippen molar-refractivity contribution in [3.8, 4) is 0 Å². The first-order valence-corrected chi connectivity index (χ1v) is 6.77. The highest BCUT2D eigenvalue weighted by molar-refractivity contribution is 5.96. The van der Waals surface area contributed by atoms with Gasteiger partial charge < -0.3 is 15.4 Å². The fourth-order valence-electron chi connectivity index (χ4n) is 1.99. The molecule has 0 aliphatic heterocycles. The third kappa shape index (κ3) is 3.54. The summed E-state index contributed by atoms with van der Waals surface area (Å²) in [6, 6.07) is 3.45. The van der Waals surface area contributed by atoms with E-state index in [4.69, 9.17) is 10.5 Å². The van der Waals surface area contributed by atoms with Crippen LogP contribution in [0.5, 0.6) is 0 Å². The van der Waals surface area contributed by atoms with Gasteiger partial charge in [-0.2, -0.15) is 0 Å². The van der Waals surface area contributed by atoms with Gasteiger partial charge in [0, 0.05) is 24.3 Å². The number of hydrogen-bond acceptors (Lipinski definition) is 5. The van der Waals surface area contributed by atoms with Crippen molar-refractivity contribution in [3.63, 3.8) is 0 Å². The van der Waals surface area contributed by atoms with Crippen molar-refractivity contribution in [2.75, 3.05) is 13.2 Å². The molecule has 6 heteroatoms. The Bertz CT molecular complexity index is 500. The molecule has 1 fully saturated rings. The highest BCUT2D eigenvalue weighted by atomic mass is 16.5. The summed E-state index contributed by atoms with van der Waals surface area (Å²) < 4.78 is 4.92. The maximum Gasteiger partial charge on any atom is 0.325 e. The van der Waals surface area contributed by atoms with Crippen LogP contribution in [0.25, 0.3) is 0 Å². The minimum Gasteiger partial charge on any atom is -0.465 e. The average Bonchev–Trinajstić information content (AvgIpc) is 3.29. The molecule has 108 valence electrons. The number of carbonyl (C=O) groups is 2. The molecule has 0 saturated heterocycles. The lowest BCUT2D eigenvalue weighted by Gasteiger charge is -2.21. The Labute approximate surface area is 117 Å². The van der Waals surface area contributed by atoms with E-state index in [1.54, 1.807) is 30.2 Å². The van der Waals surface area contributed by atoms with Gasteiger partial charge in [0.1, 0.15) is 6.54 Å². The maximum atomic E-state index is 12.5. The quantitative estimate of drug-likeness (QED) is 0.774. The number of rotatable bonds is 6. The smallest absolute Gasteiger partial charge is 0.325 e. The van der Waals surface area contributed by atoms with Crippen LogP contribution in [0, 0.1) is 0 Å². The predicted molar refractivity (Wildman–Crippen MR) is 72.8 cm³/mol. The summed E-state index contributed by atoms with van der Waals surface area (Å²) in [4.78, 5) is 29.7. The molecule has 0 aromatic carbocycles. The van der Waals surface area contributed by atoms with Gasteiger partial charge in [0.2, 0.25) is 0 Å². The minimum atomic E-state index is -0.374. The zero-order valence-corrected chi connectivity index (χ0v) is 11.5. The first-order chi connectivity index (χ1) is 9.65. The molecule has 0 spiro atoms. The molecule has 1 amide bonds. The van der Waals surface area contributed by atoms with Gasteiger partial charge in [0.15, 0.2) is 0 Å². The van der Waals surface area contributed by atoms with E-state index in [1.165, 1.54) is 0 Å². The second-order valence-electron chi connectivity index (χ2n) is 4.71. The van der Waals surface area contributed by atoms with Crippen molar-refractivity contribution in [1.29, 1.82) is 0 Å². The molecular weight excluding hydrogens is 258 g/mol. The van der Waals surface area contributed by atoms with Crippen molar-refractivity contribution in [3.05, 3.63) is 29.6 Å². The lowest BCUT2D eigenvalue weighted by Crippen LogP contribution is -2.38. The normalized spacial score (nSPS) is 13.9. The largest absolute Gasteiger partial charge is 0.465 e. The van der Waals surface area contributed by atoms with Crippen LogP contribution < -0.4 is 5.73 Å². The molecule has 0 unspecified atom stereocenters. The number of esters is 1. The molecule has 1 aromatic rings. The van der Waals surface area contributed by atoms with E-state index in [9.17, 15) is 9.59 Å². The molecule has 0 bridgehead atoms. The van der Waals surface area contributed by atoms with Gasteiger partial charge in [-0.25, -0.2) is 0 Å². The van der Waals surface area contributed by atoms with Crippen LogP contribution in [0.2, 0.25) is 0 Å². The monoisotopic (exact) mass is 277 g/mol. The SMILES string of the molecule is CCOC(=O)CN(C(=O)c1ccnc(CN)c1)C1CC1. The molecule has 6 nitrogen and oxygen atoms in total. The fourth-order valence-corrected chi connectivity index (χ4v) is 1.99. The lowest BCUT2D eigenvalue weighted by molar-refractivity contribution is -0.144. The van der Waals surface area contributed by atoms with Gasteiger partial charge in [0.25, 0.3) is 5.91 Å². The van der Waals surface area contributed by atoms with Crippen LogP contribution in [0.15, 0.2) is 18.3 Å². The van der Waals surface area contributed by atoms with Crippen molar-refractivity contribution in [2.24, 2.45) is 5.73 Å². The van der Waals surface area contributed by atoms with Gasteiger partial charge in [-0.1, -0.05) is 0 Å². The Hall–Kier alpha value is -1.95. The summed E-state index contributed by atoms with van der Waals surface area (Å²) in [6.45, 7) is 2.34. The van der Waals surface area contributed by atoms with E-state index in [1.807, 2.05) is 0 Å². The lowest BCUT2D eigenvalue weighted by atomic mass is 10.2.